The van der Waals surface area contributed by atoms with Gasteiger partial charge in [0.25, 0.3) is 0 Å². The van der Waals surface area contributed by atoms with Crippen LogP contribution < -0.4 is 10.6 Å². The summed E-state index contributed by atoms with van der Waals surface area (Å²) >= 11 is 5.40. The first kappa shape index (κ1) is 15.8. The van der Waals surface area contributed by atoms with E-state index in [1.54, 1.807) is 5.57 Å². The van der Waals surface area contributed by atoms with Crippen LogP contribution in [0.3, 0.4) is 0 Å². The molecular weight excluding hydrogens is 264 g/mol. The fourth-order valence-corrected chi connectivity index (χ4v) is 3.70. The van der Waals surface area contributed by atoms with Gasteiger partial charge in [0.15, 0.2) is 5.11 Å². The molecule has 0 aromatic heterocycles. The fourth-order valence-electron chi connectivity index (χ4n) is 3.45. The predicted molar refractivity (Wildman–Crippen MR) is 90.7 cm³/mol. The number of rotatable bonds is 1. The molecule has 1 atom stereocenters. The summed E-state index contributed by atoms with van der Waals surface area (Å²) in [5, 5.41) is 7.77. The molecule has 0 amide bonds. The van der Waals surface area contributed by atoms with Crippen LogP contribution in [0.15, 0.2) is 11.3 Å². The van der Waals surface area contributed by atoms with Crippen molar-refractivity contribution in [2.75, 3.05) is 0 Å². The maximum Gasteiger partial charge on any atom is 0.171 e. The first-order chi connectivity index (χ1) is 9.68. The van der Waals surface area contributed by atoms with E-state index in [1.165, 1.54) is 69.9 Å². The van der Waals surface area contributed by atoms with E-state index in [1.807, 2.05) is 0 Å². The fraction of sp³-hybridized carbons (Fsp3) is 0.824. The third-order valence-corrected chi connectivity index (χ3v) is 4.82. The molecule has 0 saturated heterocycles. The summed E-state index contributed by atoms with van der Waals surface area (Å²) in [6, 6.07) is 0.446. The van der Waals surface area contributed by atoms with Gasteiger partial charge < -0.3 is 10.6 Å². The molecule has 0 saturated carbocycles. The topological polar surface area (TPSA) is 24.1 Å². The van der Waals surface area contributed by atoms with E-state index in [-0.39, 0.29) is 0 Å². The van der Waals surface area contributed by atoms with Crippen LogP contribution in [0.4, 0.5) is 0 Å². The maximum absolute atomic E-state index is 5.40. The van der Waals surface area contributed by atoms with Gasteiger partial charge in [0, 0.05) is 5.70 Å². The lowest BCUT2D eigenvalue weighted by Gasteiger charge is -2.35. The van der Waals surface area contributed by atoms with Crippen molar-refractivity contribution in [3.05, 3.63) is 11.3 Å². The Morgan fingerprint density at radius 2 is 1.45 bits per heavy atom. The van der Waals surface area contributed by atoms with Gasteiger partial charge in [0.05, 0.1) is 6.04 Å². The smallest absolute Gasteiger partial charge is 0.171 e. The lowest BCUT2D eigenvalue weighted by atomic mass is 9.87. The van der Waals surface area contributed by atoms with Crippen LogP contribution in [0.1, 0.15) is 78.1 Å². The van der Waals surface area contributed by atoms with Gasteiger partial charge in [-0.1, -0.05) is 52.4 Å². The summed E-state index contributed by atoms with van der Waals surface area (Å²) in [4.78, 5) is 0. The van der Waals surface area contributed by atoms with Crippen LogP contribution in [0.5, 0.6) is 0 Å². The molecule has 2 rings (SSSR count). The molecule has 0 fully saturated rings. The van der Waals surface area contributed by atoms with Crippen LogP contribution >= 0.6 is 12.2 Å². The Morgan fingerprint density at radius 3 is 2.05 bits per heavy atom. The number of allylic oxidation sites excluding steroid dienone is 1. The summed E-state index contributed by atoms with van der Waals surface area (Å²) in [7, 11) is 0. The average molecular weight is 295 g/mol. The third kappa shape index (κ3) is 4.47. The van der Waals surface area contributed by atoms with Gasteiger partial charge in [-0.25, -0.2) is 0 Å². The molecule has 1 aliphatic heterocycles. The minimum Gasteiger partial charge on any atom is -0.356 e. The lowest BCUT2D eigenvalue weighted by molar-refractivity contribution is 0.458. The van der Waals surface area contributed by atoms with Crippen LogP contribution in [0, 0.1) is 5.92 Å². The van der Waals surface area contributed by atoms with Gasteiger partial charge in [-0.2, -0.15) is 0 Å². The largest absolute Gasteiger partial charge is 0.356 e. The molecule has 2 N–H and O–H groups in total. The molecule has 20 heavy (non-hydrogen) atoms. The Balaban J connectivity index is 2.13. The van der Waals surface area contributed by atoms with Crippen molar-refractivity contribution in [2.24, 2.45) is 5.92 Å². The molecule has 0 bridgehead atoms. The second-order valence-corrected chi connectivity index (χ2v) is 7.06. The van der Waals surface area contributed by atoms with Crippen molar-refractivity contribution in [3.63, 3.8) is 0 Å². The number of hydrogen-bond acceptors (Lipinski definition) is 1. The first-order valence-electron chi connectivity index (χ1n) is 8.48. The van der Waals surface area contributed by atoms with E-state index in [9.17, 15) is 0 Å². The Hall–Kier alpha value is -0.570. The molecule has 1 heterocycles. The van der Waals surface area contributed by atoms with Gasteiger partial charge in [-0.15, -0.1) is 0 Å². The van der Waals surface area contributed by atoms with E-state index in [0.29, 0.717) is 12.0 Å². The SMILES string of the molecule is CC(C)C1NC(=S)NC2=C1CCCCCCCCCC2. The summed E-state index contributed by atoms with van der Waals surface area (Å²) in [6.45, 7) is 4.60. The van der Waals surface area contributed by atoms with Gasteiger partial charge in [-0.05, 0) is 49.4 Å². The van der Waals surface area contributed by atoms with E-state index < -0.39 is 0 Å². The molecule has 2 aliphatic rings. The van der Waals surface area contributed by atoms with Crippen molar-refractivity contribution in [1.82, 2.24) is 10.6 Å². The van der Waals surface area contributed by atoms with E-state index in [2.05, 4.69) is 24.5 Å². The molecule has 0 aromatic carbocycles. The van der Waals surface area contributed by atoms with Crippen LogP contribution in [-0.4, -0.2) is 11.2 Å². The van der Waals surface area contributed by atoms with Gasteiger partial charge in [0.1, 0.15) is 0 Å². The standard InChI is InChI=1S/C17H30N2S/c1-13(2)16-14-11-9-7-5-3-4-6-8-10-12-15(14)18-17(20)19-16/h13,16H,3-12H2,1-2H3,(H2,18,19,20). The molecule has 2 nitrogen and oxygen atoms in total. The van der Waals surface area contributed by atoms with Crippen LogP contribution in [0.2, 0.25) is 0 Å². The van der Waals surface area contributed by atoms with Crippen molar-refractivity contribution in [3.8, 4) is 0 Å². The van der Waals surface area contributed by atoms with Crippen molar-refractivity contribution >= 4 is 17.3 Å². The Bertz CT molecular complexity index is 360. The predicted octanol–water partition coefficient (Wildman–Crippen LogP) is 4.66. The molecule has 1 unspecified atom stereocenters. The van der Waals surface area contributed by atoms with Crippen LogP contribution in [0.25, 0.3) is 0 Å². The highest BCUT2D eigenvalue weighted by molar-refractivity contribution is 7.80. The normalized spacial score (nSPS) is 26.1. The van der Waals surface area contributed by atoms with Gasteiger partial charge >= 0.3 is 0 Å². The number of thiocarbonyl (C=S) groups is 1. The molecule has 0 aromatic rings. The second-order valence-electron chi connectivity index (χ2n) is 6.65. The molecule has 114 valence electrons. The Morgan fingerprint density at radius 1 is 0.900 bits per heavy atom. The summed E-state index contributed by atoms with van der Waals surface area (Å²) in [5.41, 5.74) is 3.04. The van der Waals surface area contributed by atoms with E-state index >= 15 is 0 Å². The van der Waals surface area contributed by atoms with Crippen molar-refractivity contribution in [1.29, 1.82) is 0 Å². The van der Waals surface area contributed by atoms with Crippen LogP contribution in [-0.2, 0) is 0 Å². The summed E-state index contributed by atoms with van der Waals surface area (Å²) in [6.07, 6.45) is 13.5. The zero-order valence-corrected chi connectivity index (χ0v) is 14.0. The zero-order valence-electron chi connectivity index (χ0n) is 13.1. The summed E-state index contributed by atoms with van der Waals surface area (Å²) in [5.74, 6) is 0.605. The number of hydrogen-bond donors (Lipinski definition) is 2. The molecule has 1 aliphatic carbocycles. The molecule has 0 radical (unpaired) electrons. The highest BCUT2D eigenvalue weighted by Gasteiger charge is 2.26. The van der Waals surface area contributed by atoms with E-state index in [4.69, 9.17) is 12.2 Å². The summed E-state index contributed by atoms with van der Waals surface area (Å²) < 4.78 is 0. The quantitative estimate of drug-likeness (QED) is 0.688. The molecule has 0 spiro atoms. The van der Waals surface area contributed by atoms with Crippen molar-refractivity contribution < 1.29 is 0 Å². The highest BCUT2D eigenvalue weighted by Crippen LogP contribution is 2.27. The van der Waals surface area contributed by atoms with Gasteiger partial charge in [0.2, 0.25) is 0 Å². The minimum atomic E-state index is 0.446. The molecule has 3 heteroatoms. The monoisotopic (exact) mass is 294 g/mol. The van der Waals surface area contributed by atoms with Gasteiger partial charge in [-0.3, -0.25) is 0 Å². The van der Waals surface area contributed by atoms with Crippen molar-refractivity contribution in [2.45, 2.75) is 84.1 Å². The zero-order chi connectivity index (χ0) is 14.4. The third-order valence-electron chi connectivity index (χ3n) is 4.60. The lowest BCUT2D eigenvalue weighted by Crippen LogP contribution is -2.50. The Kier molecular flexibility index (Phi) is 6.34. The highest BCUT2D eigenvalue weighted by atomic mass is 32.1. The Labute approximate surface area is 129 Å². The van der Waals surface area contributed by atoms with E-state index in [0.717, 1.165) is 5.11 Å². The number of nitrogens with one attached hydrogen (secondary N) is 2. The molecular formula is C17H30N2S. The second kappa shape index (κ2) is 8.02. The first-order valence-corrected chi connectivity index (χ1v) is 8.88. The minimum absolute atomic E-state index is 0.446. The maximum atomic E-state index is 5.40. The average Bonchev–Trinajstić information content (AvgIpc) is 2.39.